The van der Waals surface area contributed by atoms with Crippen molar-refractivity contribution in [3.63, 3.8) is 0 Å². The van der Waals surface area contributed by atoms with Gasteiger partial charge >= 0.3 is 0 Å². The molecule has 0 saturated carbocycles. The summed E-state index contributed by atoms with van der Waals surface area (Å²) in [7, 11) is 1.59. The zero-order chi connectivity index (χ0) is 21.5. The summed E-state index contributed by atoms with van der Waals surface area (Å²) in [5.74, 6) is 1.07. The van der Waals surface area contributed by atoms with Gasteiger partial charge in [0, 0.05) is 24.7 Å². The molecule has 7 nitrogen and oxygen atoms in total. The van der Waals surface area contributed by atoms with E-state index in [2.05, 4.69) is 10.3 Å². The monoisotopic (exact) mass is 427 g/mol. The van der Waals surface area contributed by atoms with E-state index in [-0.39, 0.29) is 18.2 Å². The molecule has 1 fully saturated rings. The van der Waals surface area contributed by atoms with Crippen molar-refractivity contribution in [2.45, 2.75) is 25.5 Å². The van der Waals surface area contributed by atoms with E-state index >= 15 is 0 Å². The summed E-state index contributed by atoms with van der Waals surface area (Å²) in [6, 6.07) is 14.4. The average Bonchev–Trinajstić information content (AvgIpc) is 2.75. The number of ether oxygens (including phenoxy) is 2. The topological polar surface area (TPSA) is 80.2 Å². The summed E-state index contributed by atoms with van der Waals surface area (Å²) in [4.78, 5) is 31.7. The number of hydrogen-bond acceptors (Lipinski definition) is 6. The van der Waals surface area contributed by atoms with Crippen LogP contribution in [0.25, 0.3) is 0 Å². The molecule has 2 aromatic rings. The lowest BCUT2D eigenvalue weighted by atomic mass is 10.2. The third-order valence-corrected chi connectivity index (χ3v) is 5.65. The first-order valence-electron chi connectivity index (χ1n) is 9.77. The number of carbonyl (C=O) groups is 2. The molecule has 1 heterocycles. The Balaban J connectivity index is 1.76. The van der Waals surface area contributed by atoms with Gasteiger partial charge in [-0.05, 0) is 50.2 Å². The first kappa shape index (κ1) is 21.7. The molecule has 0 radical (unpaired) electrons. The number of methoxy groups -OCH3 is 1. The average molecular weight is 428 g/mol. The van der Waals surface area contributed by atoms with Crippen molar-refractivity contribution in [1.29, 1.82) is 0 Å². The van der Waals surface area contributed by atoms with Crippen LogP contribution in [0.1, 0.15) is 20.3 Å². The van der Waals surface area contributed by atoms with Crippen LogP contribution in [-0.2, 0) is 9.59 Å². The number of nitrogens with one attached hydrogen (secondary N) is 1. The number of benzene rings is 2. The quantitative estimate of drug-likeness (QED) is 0.720. The maximum Gasteiger partial charge on any atom is 0.238 e. The number of aliphatic imine (C=N–C) groups is 1. The van der Waals surface area contributed by atoms with E-state index in [0.29, 0.717) is 35.4 Å². The number of amidine groups is 1. The third-order valence-electron chi connectivity index (χ3n) is 4.46. The molecule has 0 aliphatic carbocycles. The fraction of sp³-hybridized carbons (Fsp3) is 0.318. The molecule has 1 saturated heterocycles. The van der Waals surface area contributed by atoms with Crippen molar-refractivity contribution in [3.8, 4) is 11.5 Å². The molecule has 8 heteroatoms. The molecular weight excluding hydrogens is 402 g/mol. The molecule has 1 atom stereocenters. The molecule has 1 aliphatic heterocycles. The lowest BCUT2D eigenvalue weighted by Gasteiger charge is -2.30. The highest BCUT2D eigenvalue weighted by Crippen LogP contribution is 2.30. The second-order valence-electron chi connectivity index (χ2n) is 6.49. The van der Waals surface area contributed by atoms with Crippen LogP contribution in [0, 0.1) is 0 Å². The van der Waals surface area contributed by atoms with Crippen molar-refractivity contribution in [2.75, 3.05) is 25.6 Å². The molecule has 30 heavy (non-hydrogen) atoms. The molecule has 1 aliphatic rings. The number of anilines is 1. The maximum atomic E-state index is 12.8. The van der Waals surface area contributed by atoms with Gasteiger partial charge in [-0.15, -0.1) is 0 Å². The van der Waals surface area contributed by atoms with Gasteiger partial charge in [0.25, 0.3) is 0 Å². The molecular formula is C22H25N3O4S. The van der Waals surface area contributed by atoms with Crippen LogP contribution in [0.4, 0.5) is 11.4 Å². The lowest BCUT2D eigenvalue weighted by molar-refractivity contribution is -0.129. The van der Waals surface area contributed by atoms with Crippen LogP contribution in [0.5, 0.6) is 11.5 Å². The van der Waals surface area contributed by atoms with Gasteiger partial charge in [0.05, 0.1) is 19.4 Å². The lowest BCUT2D eigenvalue weighted by Crippen LogP contribution is -2.45. The van der Waals surface area contributed by atoms with Crippen molar-refractivity contribution < 1.29 is 19.1 Å². The summed E-state index contributed by atoms with van der Waals surface area (Å²) in [5.41, 5.74) is 1.32. The van der Waals surface area contributed by atoms with E-state index in [1.54, 1.807) is 42.3 Å². The Morgan fingerprint density at radius 2 is 1.97 bits per heavy atom. The first-order valence-corrected chi connectivity index (χ1v) is 10.7. The number of thioether (sulfide) groups is 1. The summed E-state index contributed by atoms with van der Waals surface area (Å²) >= 11 is 1.29. The highest BCUT2D eigenvalue weighted by Gasteiger charge is 2.35. The fourth-order valence-corrected chi connectivity index (χ4v) is 4.13. The zero-order valence-electron chi connectivity index (χ0n) is 17.3. The van der Waals surface area contributed by atoms with E-state index in [0.717, 1.165) is 5.75 Å². The predicted octanol–water partition coefficient (Wildman–Crippen LogP) is 4.07. The molecule has 2 amide bonds. The molecule has 0 aromatic heterocycles. The highest BCUT2D eigenvalue weighted by molar-refractivity contribution is 8.15. The molecule has 1 N–H and O–H groups in total. The minimum Gasteiger partial charge on any atom is -0.497 e. The summed E-state index contributed by atoms with van der Waals surface area (Å²) in [5, 5.41) is 2.83. The number of nitrogens with zero attached hydrogens (tertiary/aromatic N) is 2. The van der Waals surface area contributed by atoms with Gasteiger partial charge in [-0.1, -0.05) is 17.8 Å². The predicted molar refractivity (Wildman–Crippen MR) is 120 cm³/mol. The second kappa shape index (κ2) is 10.2. The van der Waals surface area contributed by atoms with Gasteiger partial charge in [-0.25, -0.2) is 4.99 Å². The molecule has 158 valence electrons. The number of hydrogen-bond donors (Lipinski definition) is 1. The molecule has 2 aromatic carbocycles. The molecule has 0 bridgehead atoms. The second-order valence-corrected chi connectivity index (χ2v) is 7.66. The standard InChI is InChI=1S/C22H25N3O4S/c1-4-25-20(26)14-19(21(27)23-15-9-11-17(12-10-15)29-5-2)30-22(25)24-16-7-6-8-18(13-16)28-3/h6-13,19H,4-5,14H2,1-3H3,(H,23,27)/t19-/m1/s1. The van der Waals surface area contributed by atoms with E-state index < -0.39 is 5.25 Å². The van der Waals surface area contributed by atoms with Gasteiger partial charge in [-0.2, -0.15) is 0 Å². The Bertz CT molecular complexity index is 930. The van der Waals surface area contributed by atoms with Crippen LogP contribution in [0.15, 0.2) is 53.5 Å². The Kier molecular flexibility index (Phi) is 7.35. The first-order chi connectivity index (χ1) is 14.5. The summed E-state index contributed by atoms with van der Waals surface area (Å²) in [6.45, 7) is 4.87. The van der Waals surface area contributed by atoms with E-state index in [4.69, 9.17) is 9.47 Å². The molecule has 0 spiro atoms. The van der Waals surface area contributed by atoms with Gasteiger partial charge in [0.15, 0.2) is 5.17 Å². The SMILES string of the molecule is CCOc1ccc(NC(=O)[C@H]2CC(=O)N(CC)C(=Nc3cccc(OC)c3)S2)cc1. The van der Waals surface area contributed by atoms with Crippen molar-refractivity contribution >= 4 is 40.1 Å². The smallest absolute Gasteiger partial charge is 0.238 e. The van der Waals surface area contributed by atoms with Crippen LogP contribution in [-0.4, -0.2) is 47.4 Å². The number of amides is 2. The zero-order valence-corrected chi connectivity index (χ0v) is 18.1. The molecule has 3 rings (SSSR count). The van der Waals surface area contributed by atoms with E-state index in [1.165, 1.54) is 11.8 Å². The van der Waals surface area contributed by atoms with Crippen molar-refractivity contribution in [1.82, 2.24) is 4.90 Å². The largest absolute Gasteiger partial charge is 0.497 e. The molecule has 0 unspecified atom stereocenters. The van der Waals surface area contributed by atoms with E-state index in [9.17, 15) is 9.59 Å². The minimum absolute atomic E-state index is 0.121. The van der Waals surface area contributed by atoms with Crippen LogP contribution < -0.4 is 14.8 Å². The Labute approximate surface area is 180 Å². The van der Waals surface area contributed by atoms with Crippen molar-refractivity contribution in [3.05, 3.63) is 48.5 Å². The third kappa shape index (κ3) is 5.33. The number of rotatable bonds is 7. The van der Waals surface area contributed by atoms with Crippen LogP contribution in [0.2, 0.25) is 0 Å². The van der Waals surface area contributed by atoms with Gasteiger partial charge in [-0.3, -0.25) is 14.5 Å². The number of carbonyl (C=O) groups excluding carboxylic acids is 2. The summed E-state index contributed by atoms with van der Waals surface area (Å²) < 4.78 is 10.7. The van der Waals surface area contributed by atoms with Gasteiger partial charge < -0.3 is 14.8 Å². The highest BCUT2D eigenvalue weighted by atomic mass is 32.2. The van der Waals surface area contributed by atoms with Gasteiger partial charge in [0.2, 0.25) is 11.8 Å². The van der Waals surface area contributed by atoms with Gasteiger partial charge in [0.1, 0.15) is 16.7 Å². The Morgan fingerprint density at radius 3 is 2.63 bits per heavy atom. The normalized spacial score (nSPS) is 17.7. The minimum atomic E-state index is -0.559. The fourth-order valence-electron chi connectivity index (χ4n) is 2.97. The Hall–Kier alpha value is -3.00. The van der Waals surface area contributed by atoms with Crippen molar-refractivity contribution in [2.24, 2.45) is 4.99 Å². The maximum absolute atomic E-state index is 12.8. The summed E-state index contributed by atoms with van der Waals surface area (Å²) in [6.07, 6.45) is 0.124. The van der Waals surface area contributed by atoms with E-state index in [1.807, 2.05) is 32.0 Å². The van der Waals surface area contributed by atoms with Crippen LogP contribution >= 0.6 is 11.8 Å². The van der Waals surface area contributed by atoms with Crippen LogP contribution in [0.3, 0.4) is 0 Å². The Morgan fingerprint density at radius 1 is 1.20 bits per heavy atom.